The van der Waals surface area contributed by atoms with Gasteiger partial charge in [0, 0.05) is 28.9 Å². The summed E-state index contributed by atoms with van der Waals surface area (Å²) in [6, 6.07) is 14.0. The maximum Gasteiger partial charge on any atom is 0.230 e. The van der Waals surface area contributed by atoms with Gasteiger partial charge in [0.1, 0.15) is 15.9 Å². The number of nitrogens with one attached hydrogen (secondary N) is 1. The van der Waals surface area contributed by atoms with Crippen LogP contribution in [0, 0.1) is 5.82 Å². The summed E-state index contributed by atoms with van der Waals surface area (Å²) < 4.78 is 13.1. The number of carbonyl (C=O) groups excluding carboxylic acids is 1. The third-order valence-electron chi connectivity index (χ3n) is 3.42. The van der Waals surface area contributed by atoms with Gasteiger partial charge in [-0.1, -0.05) is 59.4 Å². The molecule has 0 spiro atoms. The second-order valence-electron chi connectivity index (χ2n) is 5.38. The van der Waals surface area contributed by atoms with Gasteiger partial charge < -0.3 is 5.32 Å². The molecule has 1 aromatic heterocycles. The van der Waals surface area contributed by atoms with Crippen molar-refractivity contribution in [3.8, 4) is 0 Å². The predicted octanol–water partition coefficient (Wildman–Crippen LogP) is 4.83. The molecule has 4 nitrogen and oxygen atoms in total. The molecule has 3 aromatic rings. The van der Waals surface area contributed by atoms with Gasteiger partial charge >= 0.3 is 0 Å². The number of nitrogens with zero attached hydrogens (tertiary/aromatic N) is 2. The van der Waals surface area contributed by atoms with Crippen LogP contribution in [0.2, 0.25) is 5.02 Å². The van der Waals surface area contributed by atoms with Crippen LogP contribution in [0.1, 0.15) is 5.56 Å². The van der Waals surface area contributed by atoms with Crippen molar-refractivity contribution in [1.29, 1.82) is 0 Å². The number of hydrogen-bond donors (Lipinski definition) is 1. The molecule has 1 heterocycles. The Kier molecular flexibility index (Phi) is 7.09. The fourth-order valence-electron chi connectivity index (χ4n) is 2.13. The van der Waals surface area contributed by atoms with E-state index in [0.717, 1.165) is 9.92 Å². The zero-order valence-electron chi connectivity index (χ0n) is 14.1. The van der Waals surface area contributed by atoms with E-state index in [1.54, 1.807) is 18.5 Å². The molecule has 138 valence electrons. The quantitative estimate of drug-likeness (QED) is 0.556. The van der Waals surface area contributed by atoms with Gasteiger partial charge in [-0.2, -0.15) is 0 Å². The van der Waals surface area contributed by atoms with Crippen molar-refractivity contribution < 1.29 is 9.18 Å². The summed E-state index contributed by atoms with van der Waals surface area (Å²) in [4.78, 5) is 21.9. The molecule has 0 saturated heterocycles. The Morgan fingerprint density at radius 3 is 2.56 bits per heavy atom. The van der Waals surface area contributed by atoms with E-state index in [0.29, 0.717) is 15.6 Å². The second-order valence-corrected chi connectivity index (χ2v) is 7.82. The van der Waals surface area contributed by atoms with Gasteiger partial charge in [-0.25, -0.2) is 14.4 Å². The lowest BCUT2D eigenvalue weighted by Crippen LogP contribution is -2.24. The Morgan fingerprint density at radius 1 is 1.07 bits per heavy atom. The van der Waals surface area contributed by atoms with E-state index in [4.69, 9.17) is 11.6 Å². The van der Waals surface area contributed by atoms with Gasteiger partial charge in [-0.05, 0) is 29.8 Å². The third kappa shape index (κ3) is 5.95. The van der Waals surface area contributed by atoms with Crippen molar-refractivity contribution in [3.05, 3.63) is 77.3 Å². The summed E-state index contributed by atoms with van der Waals surface area (Å²) >= 11 is 8.78. The Hall–Kier alpha value is -2.09. The first-order chi connectivity index (χ1) is 13.1. The number of thioether (sulfide) groups is 1. The molecule has 1 amide bonds. The van der Waals surface area contributed by atoms with E-state index < -0.39 is 5.82 Å². The van der Waals surface area contributed by atoms with Crippen molar-refractivity contribution in [2.45, 2.75) is 21.5 Å². The fourth-order valence-corrected chi connectivity index (χ4v) is 4.11. The molecule has 0 aliphatic carbocycles. The highest BCUT2D eigenvalue weighted by Gasteiger charge is 2.11. The summed E-state index contributed by atoms with van der Waals surface area (Å²) in [5.41, 5.74) is 0.663. The molecular formula is C19H15ClFN3OS2. The van der Waals surface area contributed by atoms with Crippen molar-refractivity contribution >= 4 is 41.0 Å². The number of aromatic nitrogens is 2. The minimum atomic E-state index is -0.406. The normalized spacial score (nSPS) is 10.6. The maximum absolute atomic E-state index is 13.1. The highest BCUT2D eigenvalue weighted by atomic mass is 35.5. The molecular weight excluding hydrogens is 405 g/mol. The van der Waals surface area contributed by atoms with Crippen LogP contribution in [0.15, 0.2) is 75.9 Å². The van der Waals surface area contributed by atoms with Gasteiger partial charge in [0.25, 0.3) is 0 Å². The molecule has 8 heteroatoms. The molecule has 0 unspecified atom stereocenters. The topological polar surface area (TPSA) is 54.9 Å². The van der Waals surface area contributed by atoms with Gasteiger partial charge in [0.15, 0.2) is 0 Å². The molecule has 0 aliphatic heterocycles. The number of rotatable bonds is 7. The van der Waals surface area contributed by atoms with Crippen LogP contribution < -0.4 is 5.32 Å². The molecule has 0 atom stereocenters. The highest BCUT2D eigenvalue weighted by molar-refractivity contribution is 8.02. The standard InChI is InChI=1S/C19H15ClFN3OS2/c20-16-10-14(21)7-6-13(16)11-24-17(25)12-26-18-19(23-9-8-22-18)27-15-4-2-1-3-5-15/h1-10H,11-12H2,(H,24,25). The first kappa shape index (κ1) is 19.7. The summed E-state index contributed by atoms with van der Waals surface area (Å²) in [6.07, 6.45) is 3.24. The Morgan fingerprint density at radius 2 is 1.81 bits per heavy atom. The van der Waals surface area contributed by atoms with Crippen LogP contribution in [-0.4, -0.2) is 21.6 Å². The molecule has 27 heavy (non-hydrogen) atoms. The van der Waals surface area contributed by atoms with Crippen LogP contribution >= 0.6 is 35.1 Å². The van der Waals surface area contributed by atoms with Crippen molar-refractivity contribution in [2.24, 2.45) is 0 Å². The van der Waals surface area contributed by atoms with E-state index in [-0.39, 0.29) is 18.2 Å². The number of hydrogen-bond acceptors (Lipinski definition) is 5. The average Bonchev–Trinajstić information content (AvgIpc) is 2.67. The summed E-state index contributed by atoms with van der Waals surface area (Å²) in [6.45, 7) is 0.241. The number of halogens is 2. The van der Waals surface area contributed by atoms with E-state index in [1.165, 1.54) is 35.7 Å². The summed E-state index contributed by atoms with van der Waals surface area (Å²) in [5.74, 6) is -0.377. The van der Waals surface area contributed by atoms with Crippen LogP contribution in [0.25, 0.3) is 0 Å². The minimum absolute atomic E-state index is 0.165. The largest absolute Gasteiger partial charge is 0.351 e. The first-order valence-electron chi connectivity index (χ1n) is 7.99. The van der Waals surface area contributed by atoms with Gasteiger partial charge in [-0.15, -0.1) is 0 Å². The zero-order valence-corrected chi connectivity index (χ0v) is 16.5. The monoisotopic (exact) mass is 419 g/mol. The molecule has 2 aromatic carbocycles. The summed E-state index contributed by atoms with van der Waals surface area (Å²) in [5, 5.41) is 4.52. The smallest absolute Gasteiger partial charge is 0.230 e. The van der Waals surface area contributed by atoms with Crippen LogP contribution in [-0.2, 0) is 11.3 Å². The van der Waals surface area contributed by atoms with Gasteiger partial charge in [-0.3, -0.25) is 4.79 Å². The number of benzene rings is 2. The van der Waals surface area contributed by atoms with E-state index in [9.17, 15) is 9.18 Å². The maximum atomic E-state index is 13.1. The highest BCUT2D eigenvalue weighted by Crippen LogP contribution is 2.32. The summed E-state index contributed by atoms with van der Waals surface area (Å²) in [7, 11) is 0. The predicted molar refractivity (Wildman–Crippen MR) is 107 cm³/mol. The lowest BCUT2D eigenvalue weighted by atomic mass is 10.2. The van der Waals surface area contributed by atoms with Crippen LogP contribution in [0.3, 0.4) is 0 Å². The van der Waals surface area contributed by atoms with Crippen molar-refractivity contribution in [2.75, 3.05) is 5.75 Å². The fraction of sp³-hybridized carbons (Fsp3) is 0.105. The lowest BCUT2D eigenvalue weighted by molar-refractivity contribution is -0.118. The number of amides is 1. The second kappa shape index (κ2) is 9.73. The van der Waals surface area contributed by atoms with Crippen molar-refractivity contribution in [3.63, 3.8) is 0 Å². The van der Waals surface area contributed by atoms with Crippen LogP contribution in [0.4, 0.5) is 4.39 Å². The first-order valence-corrected chi connectivity index (χ1v) is 10.2. The SMILES string of the molecule is O=C(CSc1nccnc1Sc1ccccc1)NCc1ccc(F)cc1Cl. The minimum Gasteiger partial charge on any atom is -0.351 e. The van der Waals surface area contributed by atoms with Crippen molar-refractivity contribution in [1.82, 2.24) is 15.3 Å². The Bertz CT molecular complexity index is 928. The lowest BCUT2D eigenvalue weighted by Gasteiger charge is -2.08. The molecule has 0 bridgehead atoms. The van der Waals surface area contributed by atoms with Crippen LogP contribution in [0.5, 0.6) is 0 Å². The number of carbonyl (C=O) groups is 1. The van der Waals surface area contributed by atoms with Gasteiger partial charge in [0.05, 0.1) is 5.75 Å². The molecule has 0 radical (unpaired) electrons. The van der Waals surface area contributed by atoms with Gasteiger partial charge in [0.2, 0.25) is 5.91 Å². The Labute approximate surface area is 170 Å². The third-order valence-corrected chi connectivity index (χ3v) is 5.88. The Balaban J connectivity index is 1.56. The molecule has 3 rings (SSSR count). The zero-order chi connectivity index (χ0) is 19.1. The van der Waals surface area contributed by atoms with E-state index >= 15 is 0 Å². The van der Waals surface area contributed by atoms with E-state index in [1.807, 2.05) is 30.3 Å². The molecule has 1 N–H and O–H groups in total. The molecule has 0 fully saturated rings. The molecule has 0 saturated carbocycles. The molecule has 0 aliphatic rings. The average molecular weight is 420 g/mol. The van der Waals surface area contributed by atoms with E-state index in [2.05, 4.69) is 15.3 Å².